The molecular weight excluding hydrogens is 276 g/mol. The van der Waals surface area contributed by atoms with Crippen LogP contribution >= 0.6 is 0 Å². The standard InChI is InChI=1S/C18H24N2O2/c1-13-8-10-14(11-9-13)12-20-16(21)18(2,19-17(20)22)15-6-4-3-5-7-15/h8-11,15H,3-7,12H2,1-2H3,(H,19,22)/t18-/m0/s1. The van der Waals surface area contributed by atoms with Gasteiger partial charge in [-0.05, 0) is 38.2 Å². The van der Waals surface area contributed by atoms with Crippen molar-refractivity contribution in [2.24, 2.45) is 5.92 Å². The zero-order valence-corrected chi connectivity index (χ0v) is 13.4. The molecule has 4 heteroatoms. The fourth-order valence-electron chi connectivity index (χ4n) is 3.69. The summed E-state index contributed by atoms with van der Waals surface area (Å²) < 4.78 is 0. The van der Waals surface area contributed by atoms with Gasteiger partial charge in [0.15, 0.2) is 0 Å². The van der Waals surface area contributed by atoms with Crippen LogP contribution < -0.4 is 5.32 Å². The number of amides is 3. The Bertz CT molecular complexity index is 575. The third kappa shape index (κ3) is 2.62. The van der Waals surface area contributed by atoms with Gasteiger partial charge >= 0.3 is 6.03 Å². The Kier molecular flexibility index (Phi) is 3.94. The van der Waals surface area contributed by atoms with E-state index in [1.165, 1.54) is 16.9 Å². The van der Waals surface area contributed by atoms with Crippen LogP contribution in [0.2, 0.25) is 0 Å². The van der Waals surface area contributed by atoms with Crippen LogP contribution in [0.5, 0.6) is 0 Å². The molecule has 0 aromatic heterocycles. The number of urea groups is 1. The van der Waals surface area contributed by atoms with E-state index >= 15 is 0 Å². The molecule has 2 fully saturated rings. The maximum absolute atomic E-state index is 12.9. The highest BCUT2D eigenvalue weighted by molar-refractivity contribution is 6.06. The quantitative estimate of drug-likeness (QED) is 0.870. The number of hydrogen-bond acceptors (Lipinski definition) is 2. The Morgan fingerprint density at radius 2 is 1.77 bits per heavy atom. The number of nitrogens with one attached hydrogen (secondary N) is 1. The second kappa shape index (κ2) is 5.75. The van der Waals surface area contributed by atoms with Crippen LogP contribution in [0.25, 0.3) is 0 Å². The van der Waals surface area contributed by atoms with Crippen molar-refractivity contribution in [3.63, 3.8) is 0 Å². The highest BCUT2D eigenvalue weighted by Crippen LogP contribution is 2.36. The number of imide groups is 1. The van der Waals surface area contributed by atoms with Gasteiger partial charge in [-0.2, -0.15) is 0 Å². The van der Waals surface area contributed by atoms with Gasteiger partial charge in [0, 0.05) is 0 Å². The molecule has 0 bridgehead atoms. The molecular formula is C18H24N2O2. The van der Waals surface area contributed by atoms with E-state index in [1.54, 1.807) is 0 Å². The van der Waals surface area contributed by atoms with Gasteiger partial charge in [-0.25, -0.2) is 4.79 Å². The number of rotatable bonds is 3. The van der Waals surface area contributed by atoms with Crippen molar-refractivity contribution in [2.45, 2.75) is 58.0 Å². The minimum Gasteiger partial charge on any atom is -0.323 e. The summed E-state index contributed by atoms with van der Waals surface area (Å²) in [4.78, 5) is 26.5. The fraction of sp³-hybridized carbons (Fsp3) is 0.556. The van der Waals surface area contributed by atoms with E-state index in [0.29, 0.717) is 6.54 Å². The first-order valence-electron chi connectivity index (χ1n) is 8.20. The van der Waals surface area contributed by atoms with E-state index in [-0.39, 0.29) is 17.9 Å². The summed E-state index contributed by atoms with van der Waals surface area (Å²) >= 11 is 0. The first kappa shape index (κ1) is 15.1. The molecule has 1 N–H and O–H groups in total. The SMILES string of the molecule is Cc1ccc(CN2C(=O)N[C@@](C)(C3CCCCC3)C2=O)cc1. The molecule has 3 rings (SSSR count). The summed E-state index contributed by atoms with van der Waals surface area (Å²) in [6, 6.07) is 7.72. The molecule has 1 aromatic rings. The van der Waals surface area contributed by atoms with E-state index in [1.807, 2.05) is 38.1 Å². The minimum absolute atomic E-state index is 0.0648. The van der Waals surface area contributed by atoms with Crippen LogP contribution in [0.4, 0.5) is 4.79 Å². The van der Waals surface area contributed by atoms with Crippen molar-refractivity contribution >= 4 is 11.9 Å². The average molecular weight is 300 g/mol. The summed E-state index contributed by atoms with van der Waals surface area (Å²) in [6.45, 7) is 4.28. The lowest BCUT2D eigenvalue weighted by Crippen LogP contribution is -2.51. The fourth-order valence-corrected chi connectivity index (χ4v) is 3.69. The Balaban J connectivity index is 1.77. The highest BCUT2D eigenvalue weighted by Gasteiger charge is 2.52. The zero-order chi connectivity index (χ0) is 15.7. The van der Waals surface area contributed by atoms with E-state index in [9.17, 15) is 9.59 Å². The molecule has 0 spiro atoms. The molecule has 1 saturated carbocycles. The molecule has 1 aliphatic carbocycles. The molecule has 1 heterocycles. The van der Waals surface area contributed by atoms with Gasteiger partial charge in [0.2, 0.25) is 0 Å². The van der Waals surface area contributed by atoms with Crippen molar-refractivity contribution in [3.8, 4) is 0 Å². The van der Waals surface area contributed by atoms with Crippen molar-refractivity contribution in [2.75, 3.05) is 0 Å². The molecule has 1 aromatic carbocycles. The number of carbonyl (C=O) groups excluding carboxylic acids is 2. The van der Waals surface area contributed by atoms with Gasteiger partial charge in [-0.15, -0.1) is 0 Å². The lowest BCUT2D eigenvalue weighted by Gasteiger charge is -2.34. The molecule has 22 heavy (non-hydrogen) atoms. The number of aryl methyl sites for hydroxylation is 1. The summed E-state index contributed by atoms with van der Waals surface area (Å²) in [5.74, 6) is 0.200. The van der Waals surface area contributed by atoms with Crippen LogP contribution in [0, 0.1) is 12.8 Å². The monoisotopic (exact) mass is 300 g/mol. The Hall–Kier alpha value is -1.84. The van der Waals surface area contributed by atoms with Gasteiger partial charge in [0.1, 0.15) is 5.54 Å². The van der Waals surface area contributed by atoms with Crippen LogP contribution in [0.1, 0.15) is 50.2 Å². The number of hydrogen-bond donors (Lipinski definition) is 1. The predicted octanol–water partition coefficient (Wildman–Crippen LogP) is 3.39. The molecule has 1 saturated heterocycles. The van der Waals surface area contributed by atoms with E-state index in [0.717, 1.165) is 31.2 Å². The number of benzene rings is 1. The van der Waals surface area contributed by atoms with Gasteiger partial charge in [-0.3, -0.25) is 9.69 Å². The van der Waals surface area contributed by atoms with Crippen LogP contribution in [0.3, 0.4) is 0 Å². The molecule has 0 unspecified atom stereocenters. The molecule has 118 valence electrons. The Morgan fingerprint density at radius 3 is 2.41 bits per heavy atom. The first-order valence-corrected chi connectivity index (χ1v) is 8.20. The van der Waals surface area contributed by atoms with Crippen LogP contribution in [-0.2, 0) is 11.3 Å². The predicted molar refractivity (Wildman–Crippen MR) is 85.2 cm³/mol. The summed E-state index contributed by atoms with van der Waals surface area (Å²) in [7, 11) is 0. The van der Waals surface area contributed by atoms with E-state index in [4.69, 9.17) is 0 Å². The normalized spacial score (nSPS) is 26.4. The summed E-state index contributed by atoms with van der Waals surface area (Å²) in [6.07, 6.45) is 5.60. The molecule has 1 atom stereocenters. The highest BCUT2D eigenvalue weighted by atomic mass is 16.2. The van der Waals surface area contributed by atoms with Gasteiger partial charge in [0.05, 0.1) is 6.54 Å². The maximum atomic E-state index is 12.9. The van der Waals surface area contributed by atoms with Crippen molar-refractivity contribution < 1.29 is 9.59 Å². The molecule has 3 amide bonds. The van der Waals surface area contributed by atoms with Gasteiger partial charge in [-0.1, -0.05) is 49.1 Å². The molecule has 1 aliphatic heterocycles. The minimum atomic E-state index is -0.720. The molecule has 2 aliphatic rings. The van der Waals surface area contributed by atoms with Crippen LogP contribution in [-0.4, -0.2) is 22.4 Å². The number of nitrogens with zero attached hydrogens (tertiary/aromatic N) is 1. The maximum Gasteiger partial charge on any atom is 0.325 e. The molecule has 4 nitrogen and oxygen atoms in total. The third-order valence-electron chi connectivity index (χ3n) is 5.18. The van der Waals surface area contributed by atoms with Gasteiger partial charge in [0.25, 0.3) is 5.91 Å². The van der Waals surface area contributed by atoms with Crippen molar-refractivity contribution in [3.05, 3.63) is 35.4 Å². The second-order valence-electron chi connectivity index (χ2n) is 6.84. The Labute approximate surface area is 131 Å². The van der Waals surface area contributed by atoms with E-state index < -0.39 is 5.54 Å². The molecule has 0 radical (unpaired) electrons. The van der Waals surface area contributed by atoms with Crippen LogP contribution in [0.15, 0.2) is 24.3 Å². The van der Waals surface area contributed by atoms with Gasteiger partial charge < -0.3 is 5.32 Å². The number of carbonyl (C=O) groups is 2. The zero-order valence-electron chi connectivity index (χ0n) is 13.4. The summed E-state index contributed by atoms with van der Waals surface area (Å²) in [5.41, 5.74) is 1.44. The average Bonchev–Trinajstić information content (AvgIpc) is 2.75. The lowest BCUT2D eigenvalue weighted by atomic mass is 9.75. The van der Waals surface area contributed by atoms with Crippen molar-refractivity contribution in [1.29, 1.82) is 0 Å². The second-order valence-corrected chi connectivity index (χ2v) is 6.84. The smallest absolute Gasteiger partial charge is 0.323 e. The Morgan fingerprint density at radius 1 is 1.14 bits per heavy atom. The van der Waals surface area contributed by atoms with Crippen molar-refractivity contribution in [1.82, 2.24) is 10.2 Å². The topological polar surface area (TPSA) is 49.4 Å². The van der Waals surface area contributed by atoms with E-state index in [2.05, 4.69) is 5.32 Å². The largest absolute Gasteiger partial charge is 0.325 e. The summed E-state index contributed by atoms with van der Waals surface area (Å²) in [5, 5.41) is 2.97. The first-order chi connectivity index (χ1) is 10.5. The lowest BCUT2D eigenvalue weighted by molar-refractivity contribution is -0.133. The third-order valence-corrected chi connectivity index (χ3v) is 5.18.